The molecule has 1 heterocycles. The van der Waals surface area contributed by atoms with Crippen LogP contribution in [0.2, 0.25) is 0 Å². The molecule has 0 saturated carbocycles. The van der Waals surface area contributed by atoms with Crippen LogP contribution in [0.3, 0.4) is 0 Å². The monoisotopic (exact) mass is 438 g/mol. The molecule has 170 valence electrons. The van der Waals surface area contributed by atoms with Gasteiger partial charge in [0.1, 0.15) is 18.0 Å². The predicted octanol–water partition coefficient (Wildman–Crippen LogP) is 3.43. The lowest BCUT2D eigenvalue weighted by Gasteiger charge is -2.26. The van der Waals surface area contributed by atoms with Gasteiger partial charge in [0, 0.05) is 25.6 Å². The van der Waals surface area contributed by atoms with E-state index in [0.29, 0.717) is 18.7 Å². The van der Waals surface area contributed by atoms with Gasteiger partial charge in [-0.3, -0.25) is 4.79 Å². The molecular weight excluding hydrogens is 408 g/mol. The maximum Gasteiger partial charge on any atom is 0.317 e. The molecule has 3 rings (SSSR count). The normalized spacial score (nSPS) is 15.2. The van der Waals surface area contributed by atoms with Crippen LogP contribution in [0.5, 0.6) is 11.5 Å². The maximum absolute atomic E-state index is 13.2. The number of hydrazone groups is 1. The Morgan fingerprint density at radius 3 is 2.50 bits per heavy atom. The molecule has 1 aliphatic rings. The molecule has 1 aliphatic heterocycles. The molecule has 1 atom stereocenters. The molecule has 2 aromatic carbocycles. The summed E-state index contributed by atoms with van der Waals surface area (Å²) in [6.07, 6.45) is 1.36. The van der Waals surface area contributed by atoms with E-state index in [4.69, 9.17) is 9.47 Å². The fourth-order valence-corrected chi connectivity index (χ4v) is 3.60. The van der Waals surface area contributed by atoms with Crippen molar-refractivity contribution in [2.24, 2.45) is 5.10 Å². The van der Waals surface area contributed by atoms with Crippen LogP contribution >= 0.6 is 0 Å². The van der Waals surface area contributed by atoms with Crippen molar-refractivity contribution < 1.29 is 19.1 Å². The van der Waals surface area contributed by atoms with Gasteiger partial charge in [0.05, 0.1) is 26.0 Å². The standard InChI is InChI=1S/C24H30N4O4/c1-5-14-25-24(30)27(2)16-23(29)28-21(19-8-6-7-9-22(19)32-4)15-20(26-28)17-10-12-18(31-3)13-11-17/h6-13,21H,5,14-16H2,1-4H3,(H,25,30)/t21-/m0/s1. The van der Waals surface area contributed by atoms with Crippen LogP contribution in [0.15, 0.2) is 53.6 Å². The largest absolute Gasteiger partial charge is 0.497 e. The number of nitrogens with zero attached hydrogens (tertiary/aromatic N) is 3. The molecule has 8 nitrogen and oxygen atoms in total. The highest BCUT2D eigenvalue weighted by molar-refractivity contribution is 6.03. The van der Waals surface area contributed by atoms with Crippen molar-refractivity contribution in [3.63, 3.8) is 0 Å². The Morgan fingerprint density at radius 1 is 1.12 bits per heavy atom. The predicted molar refractivity (Wildman–Crippen MR) is 123 cm³/mol. The Kier molecular flexibility index (Phi) is 7.70. The van der Waals surface area contributed by atoms with Gasteiger partial charge in [-0.25, -0.2) is 9.80 Å². The molecule has 0 bridgehead atoms. The van der Waals surface area contributed by atoms with Gasteiger partial charge < -0.3 is 19.7 Å². The first kappa shape index (κ1) is 23.1. The Balaban J connectivity index is 1.88. The molecule has 32 heavy (non-hydrogen) atoms. The maximum atomic E-state index is 13.2. The van der Waals surface area contributed by atoms with Gasteiger partial charge in [0.2, 0.25) is 0 Å². The van der Waals surface area contributed by atoms with E-state index in [-0.39, 0.29) is 24.5 Å². The van der Waals surface area contributed by atoms with Gasteiger partial charge >= 0.3 is 6.03 Å². The Labute approximate surface area is 188 Å². The van der Waals surface area contributed by atoms with E-state index in [2.05, 4.69) is 10.4 Å². The summed E-state index contributed by atoms with van der Waals surface area (Å²) in [6.45, 7) is 2.45. The van der Waals surface area contributed by atoms with Crippen molar-refractivity contribution in [3.8, 4) is 11.5 Å². The van der Waals surface area contributed by atoms with E-state index in [1.165, 1.54) is 9.91 Å². The van der Waals surface area contributed by atoms with Crippen molar-refractivity contribution in [1.82, 2.24) is 15.2 Å². The third-order valence-corrected chi connectivity index (χ3v) is 5.33. The Morgan fingerprint density at radius 2 is 1.84 bits per heavy atom. The molecule has 0 spiro atoms. The average molecular weight is 439 g/mol. The Hall–Kier alpha value is -3.55. The van der Waals surface area contributed by atoms with Crippen LogP contribution in [-0.4, -0.2) is 61.9 Å². The summed E-state index contributed by atoms with van der Waals surface area (Å²) in [5, 5.41) is 8.92. The second-order valence-electron chi connectivity index (χ2n) is 7.56. The van der Waals surface area contributed by atoms with Crippen molar-refractivity contribution in [3.05, 3.63) is 59.7 Å². The number of ether oxygens (including phenoxy) is 2. The lowest BCUT2D eigenvalue weighted by Crippen LogP contribution is -2.43. The highest BCUT2D eigenvalue weighted by Crippen LogP contribution is 2.37. The summed E-state index contributed by atoms with van der Waals surface area (Å²) < 4.78 is 10.8. The number of nitrogens with one attached hydrogen (secondary N) is 1. The van der Waals surface area contributed by atoms with Crippen LogP contribution < -0.4 is 14.8 Å². The van der Waals surface area contributed by atoms with Crippen molar-refractivity contribution in [2.75, 3.05) is 34.4 Å². The van der Waals surface area contributed by atoms with Crippen LogP contribution in [0.4, 0.5) is 4.79 Å². The van der Waals surface area contributed by atoms with Crippen LogP contribution in [0, 0.1) is 0 Å². The fraction of sp³-hybridized carbons (Fsp3) is 0.375. The van der Waals surface area contributed by atoms with Crippen molar-refractivity contribution in [1.29, 1.82) is 0 Å². The fourth-order valence-electron chi connectivity index (χ4n) is 3.60. The van der Waals surface area contributed by atoms with Gasteiger partial charge in [-0.2, -0.15) is 5.10 Å². The lowest BCUT2D eigenvalue weighted by atomic mass is 9.97. The summed E-state index contributed by atoms with van der Waals surface area (Å²) in [6, 6.07) is 14.6. The number of rotatable bonds is 8. The number of urea groups is 1. The van der Waals surface area contributed by atoms with E-state index in [0.717, 1.165) is 29.0 Å². The number of carbonyl (C=O) groups is 2. The summed E-state index contributed by atoms with van der Waals surface area (Å²) >= 11 is 0. The lowest BCUT2D eigenvalue weighted by molar-refractivity contribution is -0.133. The minimum atomic E-state index is -0.331. The van der Waals surface area contributed by atoms with E-state index in [1.807, 2.05) is 55.5 Å². The highest BCUT2D eigenvalue weighted by Gasteiger charge is 2.35. The smallest absolute Gasteiger partial charge is 0.317 e. The molecule has 8 heteroatoms. The summed E-state index contributed by atoms with van der Waals surface area (Å²) in [5.74, 6) is 1.18. The molecule has 1 N–H and O–H groups in total. The molecular formula is C24H30N4O4. The molecule has 0 aromatic heterocycles. The van der Waals surface area contributed by atoms with Crippen LogP contribution in [0.1, 0.15) is 36.9 Å². The second kappa shape index (κ2) is 10.7. The Bertz CT molecular complexity index is 974. The summed E-state index contributed by atoms with van der Waals surface area (Å²) in [5.41, 5.74) is 2.57. The average Bonchev–Trinajstić information content (AvgIpc) is 3.28. The zero-order valence-corrected chi connectivity index (χ0v) is 19.0. The molecule has 0 aliphatic carbocycles. The number of para-hydroxylation sites is 1. The number of benzene rings is 2. The molecule has 0 saturated heterocycles. The minimum absolute atomic E-state index is 0.0827. The first-order valence-electron chi connectivity index (χ1n) is 10.6. The van der Waals surface area contributed by atoms with E-state index >= 15 is 0 Å². The molecule has 0 radical (unpaired) electrons. The topological polar surface area (TPSA) is 83.5 Å². The summed E-state index contributed by atoms with van der Waals surface area (Å²) in [7, 11) is 4.83. The minimum Gasteiger partial charge on any atom is -0.497 e. The zero-order valence-electron chi connectivity index (χ0n) is 19.0. The number of amides is 3. The zero-order chi connectivity index (χ0) is 23.1. The number of carbonyl (C=O) groups excluding carboxylic acids is 2. The van der Waals surface area contributed by atoms with Gasteiger partial charge in [-0.05, 0) is 42.3 Å². The van der Waals surface area contributed by atoms with Gasteiger partial charge in [-0.1, -0.05) is 25.1 Å². The molecule has 2 aromatic rings. The third-order valence-electron chi connectivity index (χ3n) is 5.33. The summed E-state index contributed by atoms with van der Waals surface area (Å²) in [4.78, 5) is 26.8. The van der Waals surface area contributed by atoms with Crippen LogP contribution in [0.25, 0.3) is 0 Å². The molecule has 0 fully saturated rings. The first-order chi connectivity index (χ1) is 15.5. The van der Waals surface area contributed by atoms with E-state index in [1.54, 1.807) is 21.3 Å². The van der Waals surface area contributed by atoms with E-state index in [9.17, 15) is 9.59 Å². The van der Waals surface area contributed by atoms with Crippen molar-refractivity contribution >= 4 is 17.6 Å². The number of methoxy groups -OCH3 is 2. The first-order valence-corrected chi connectivity index (χ1v) is 10.6. The van der Waals surface area contributed by atoms with E-state index < -0.39 is 0 Å². The van der Waals surface area contributed by atoms with Crippen molar-refractivity contribution in [2.45, 2.75) is 25.8 Å². The quantitative estimate of drug-likeness (QED) is 0.684. The van der Waals surface area contributed by atoms with Crippen LogP contribution in [-0.2, 0) is 4.79 Å². The van der Waals surface area contributed by atoms with Gasteiger partial charge in [0.15, 0.2) is 0 Å². The number of hydrogen-bond donors (Lipinski definition) is 1. The molecule has 0 unspecified atom stereocenters. The highest BCUT2D eigenvalue weighted by atomic mass is 16.5. The molecule has 3 amide bonds. The SMILES string of the molecule is CCCNC(=O)N(C)CC(=O)N1N=C(c2ccc(OC)cc2)C[C@H]1c1ccccc1OC. The number of likely N-dealkylation sites (N-methyl/N-ethyl adjacent to an activating group) is 1. The van der Waals surface area contributed by atoms with Gasteiger partial charge in [-0.15, -0.1) is 0 Å². The number of hydrogen-bond acceptors (Lipinski definition) is 5. The second-order valence-corrected chi connectivity index (χ2v) is 7.56. The third kappa shape index (κ3) is 5.19. The van der Waals surface area contributed by atoms with Gasteiger partial charge in [0.25, 0.3) is 5.91 Å².